The van der Waals surface area contributed by atoms with Crippen LogP contribution in [0.25, 0.3) is 0 Å². The van der Waals surface area contributed by atoms with Crippen molar-refractivity contribution in [3.8, 4) is 0 Å². The molecule has 0 saturated heterocycles. The molecule has 1 aliphatic rings. The lowest BCUT2D eigenvalue weighted by Crippen LogP contribution is -2.25. The number of rotatable bonds is 2. The summed E-state index contributed by atoms with van der Waals surface area (Å²) < 4.78 is 0. The van der Waals surface area contributed by atoms with Crippen LogP contribution in [0.1, 0.15) is 33.3 Å². The minimum Gasteiger partial charge on any atom is -0.312 e. The number of hydrogen-bond acceptors (Lipinski definition) is 2. The van der Waals surface area contributed by atoms with Gasteiger partial charge in [-0.25, -0.2) is 0 Å². The van der Waals surface area contributed by atoms with E-state index >= 15 is 0 Å². The van der Waals surface area contributed by atoms with Crippen LogP contribution in [0.15, 0.2) is 23.1 Å². The fourth-order valence-electron chi connectivity index (χ4n) is 2.09. The maximum atomic E-state index is 11.5. The summed E-state index contributed by atoms with van der Waals surface area (Å²) in [6.07, 6.45) is 0.985. The summed E-state index contributed by atoms with van der Waals surface area (Å²) >= 11 is 1.90. The fraction of sp³-hybridized carbons (Fsp3) is 0.533. The van der Waals surface area contributed by atoms with E-state index in [4.69, 9.17) is 0 Å². The first kappa shape index (κ1) is 13.5. The topological polar surface area (TPSA) is 20.3 Å². The Balaban J connectivity index is 2.12. The molecule has 0 spiro atoms. The number of amides is 1. The van der Waals surface area contributed by atoms with Crippen molar-refractivity contribution in [3.05, 3.63) is 23.8 Å². The fourth-order valence-corrected chi connectivity index (χ4v) is 3.08. The molecule has 2 rings (SSSR count). The average molecular weight is 263 g/mol. The molecule has 0 atom stereocenters. The molecule has 0 bridgehead atoms. The first-order chi connectivity index (χ1) is 8.37. The number of benzene rings is 1. The zero-order chi connectivity index (χ0) is 13.3. The summed E-state index contributed by atoms with van der Waals surface area (Å²) in [4.78, 5) is 14.7. The van der Waals surface area contributed by atoms with Crippen LogP contribution in [-0.2, 0) is 11.2 Å². The van der Waals surface area contributed by atoms with Crippen LogP contribution in [-0.4, -0.2) is 18.2 Å². The zero-order valence-corrected chi connectivity index (χ0v) is 12.4. The number of nitrogens with zero attached hydrogens (tertiary/aromatic N) is 1. The van der Waals surface area contributed by atoms with Crippen LogP contribution in [0.3, 0.4) is 0 Å². The van der Waals surface area contributed by atoms with Gasteiger partial charge in [0.25, 0.3) is 0 Å². The second-order valence-electron chi connectivity index (χ2n) is 6.06. The molecule has 0 N–H and O–H groups in total. The molecule has 2 nitrogen and oxygen atoms in total. The standard InChI is InChI=1S/C15H21NOS/c1-11(17)16-8-7-12-9-13(5-6-14(12)16)18-10-15(2,3)4/h5-6,9H,7-8,10H2,1-4H3. The molecule has 0 radical (unpaired) electrons. The summed E-state index contributed by atoms with van der Waals surface area (Å²) in [6, 6.07) is 6.47. The molecule has 1 aromatic rings. The average Bonchev–Trinajstić information content (AvgIpc) is 2.68. The van der Waals surface area contributed by atoms with Crippen molar-refractivity contribution in [2.24, 2.45) is 5.41 Å². The van der Waals surface area contributed by atoms with Gasteiger partial charge in [-0.2, -0.15) is 0 Å². The summed E-state index contributed by atoms with van der Waals surface area (Å²) in [6.45, 7) is 9.23. The predicted octanol–water partition coefficient (Wildman–Crippen LogP) is 3.73. The number of anilines is 1. The van der Waals surface area contributed by atoms with E-state index in [1.165, 1.54) is 10.5 Å². The highest BCUT2D eigenvalue weighted by molar-refractivity contribution is 7.99. The Bertz CT molecular complexity index is 462. The lowest BCUT2D eigenvalue weighted by atomic mass is 10.0. The lowest BCUT2D eigenvalue weighted by molar-refractivity contribution is -0.116. The smallest absolute Gasteiger partial charge is 0.223 e. The van der Waals surface area contributed by atoms with E-state index in [-0.39, 0.29) is 5.91 Å². The number of hydrogen-bond donors (Lipinski definition) is 0. The molecule has 1 aliphatic heterocycles. The number of fused-ring (bicyclic) bond motifs is 1. The molecule has 1 heterocycles. The highest BCUT2D eigenvalue weighted by Crippen LogP contribution is 2.34. The molecule has 98 valence electrons. The van der Waals surface area contributed by atoms with Gasteiger partial charge in [-0.3, -0.25) is 4.79 Å². The molecule has 0 unspecified atom stereocenters. The maximum absolute atomic E-state index is 11.5. The first-order valence-electron chi connectivity index (χ1n) is 6.41. The van der Waals surface area contributed by atoms with Gasteiger partial charge < -0.3 is 4.90 Å². The molecular weight excluding hydrogens is 242 g/mol. The largest absolute Gasteiger partial charge is 0.312 e. The quantitative estimate of drug-likeness (QED) is 0.758. The molecule has 18 heavy (non-hydrogen) atoms. The van der Waals surface area contributed by atoms with Gasteiger partial charge in [-0.15, -0.1) is 11.8 Å². The van der Waals surface area contributed by atoms with Crippen molar-refractivity contribution in [3.63, 3.8) is 0 Å². The molecule has 1 aromatic carbocycles. The molecule has 0 saturated carbocycles. The van der Waals surface area contributed by atoms with Crippen molar-refractivity contribution in [1.29, 1.82) is 0 Å². The van der Waals surface area contributed by atoms with Crippen molar-refractivity contribution in [1.82, 2.24) is 0 Å². The van der Waals surface area contributed by atoms with Gasteiger partial charge in [0.2, 0.25) is 5.91 Å². The minimum atomic E-state index is 0.142. The van der Waals surface area contributed by atoms with Crippen LogP contribution >= 0.6 is 11.8 Å². The van der Waals surface area contributed by atoms with E-state index in [0.717, 1.165) is 24.4 Å². The second kappa shape index (κ2) is 4.96. The summed E-state index contributed by atoms with van der Waals surface area (Å²) in [5.74, 6) is 1.26. The van der Waals surface area contributed by atoms with E-state index in [1.54, 1.807) is 6.92 Å². The normalized spacial score (nSPS) is 14.8. The van der Waals surface area contributed by atoms with E-state index in [0.29, 0.717) is 5.41 Å². The highest BCUT2D eigenvalue weighted by Gasteiger charge is 2.22. The van der Waals surface area contributed by atoms with Gasteiger partial charge in [0.15, 0.2) is 0 Å². The van der Waals surface area contributed by atoms with Crippen LogP contribution < -0.4 is 4.90 Å². The molecule has 0 aromatic heterocycles. The van der Waals surface area contributed by atoms with Crippen molar-refractivity contribution >= 4 is 23.4 Å². The first-order valence-corrected chi connectivity index (χ1v) is 7.39. The summed E-state index contributed by atoms with van der Waals surface area (Å²) in [5.41, 5.74) is 2.75. The third kappa shape index (κ3) is 3.08. The van der Waals surface area contributed by atoms with Gasteiger partial charge in [-0.1, -0.05) is 20.8 Å². The Morgan fingerprint density at radius 3 is 2.72 bits per heavy atom. The minimum absolute atomic E-state index is 0.142. The number of carbonyl (C=O) groups excluding carboxylic acids is 1. The molecular formula is C15H21NOS. The van der Waals surface area contributed by atoms with E-state index in [2.05, 4.69) is 39.0 Å². The SMILES string of the molecule is CC(=O)N1CCc2cc(SCC(C)(C)C)ccc21. The Hall–Kier alpha value is -0.960. The predicted molar refractivity (Wildman–Crippen MR) is 78.4 cm³/mol. The van der Waals surface area contributed by atoms with Crippen LogP contribution in [0.2, 0.25) is 0 Å². The summed E-state index contributed by atoms with van der Waals surface area (Å²) in [7, 11) is 0. The third-order valence-corrected chi connectivity index (χ3v) is 4.60. The zero-order valence-electron chi connectivity index (χ0n) is 11.6. The second-order valence-corrected chi connectivity index (χ2v) is 7.11. The Morgan fingerprint density at radius 2 is 2.11 bits per heavy atom. The van der Waals surface area contributed by atoms with E-state index < -0.39 is 0 Å². The Morgan fingerprint density at radius 1 is 1.39 bits per heavy atom. The van der Waals surface area contributed by atoms with Crippen LogP contribution in [0.5, 0.6) is 0 Å². The number of carbonyl (C=O) groups is 1. The third-order valence-electron chi connectivity index (χ3n) is 3.00. The molecule has 1 amide bonds. The van der Waals surface area contributed by atoms with Gasteiger partial charge >= 0.3 is 0 Å². The van der Waals surface area contributed by atoms with Gasteiger partial charge in [0.1, 0.15) is 0 Å². The molecule has 3 heteroatoms. The van der Waals surface area contributed by atoms with Crippen LogP contribution in [0, 0.1) is 5.41 Å². The molecule has 0 aliphatic carbocycles. The number of thioether (sulfide) groups is 1. The Labute approximate surface area is 114 Å². The van der Waals surface area contributed by atoms with Crippen molar-refractivity contribution < 1.29 is 4.79 Å². The summed E-state index contributed by atoms with van der Waals surface area (Å²) in [5, 5.41) is 0. The monoisotopic (exact) mass is 263 g/mol. The van der Waals surface area contributed by atoms with E-state index in [9.17, 15) is 4.79 Å². The maximum Gasteiger partial charge on any atom is 0.223 e. The van der Waals surface area contributed by atoms with Crippen molar-refractivity contribution in [2.45, 2.75) is 39.0 Å². The van der Waals surface area contributed by atoms with Gasteiger partial charge in [0.05, 0.1) is 0 Å². The molecule has 0 fully saturated rings. The lowest BCUT2D eigenvalue weighted by Gasteiger charge is -2.18. The van der Waals surface area contributed by atoms with E-state index in [1.807, 2.05) is 16.7 Å². The van der Waals surface area contributed by atoms with Gasteiger partial charge in [-0.05, 0) is 35.6 Å². The van der Waals surface area contributed by atoms with Crippen molar-refractivity contribution in [2.75, 3.05) is 17.2 Å². The Kier molecular flexibility index (Phi) is 3.71. The van der Waals surface area contributed by atoms with Crippen LogP contribution in [0.4, 0.5) is 5.69 Å². The highest BCUT2D eigenvalue weighted by atomic mass is 32.2. The van der Waals surface area contributed by atoms with Gasteiger partial charge in [0, 0.05) is 29.8 Å².